The maximum atomic E-state index is 5.79. The first-order valence-corrected chi connectivity index (χ1v) is 6.38. The van der Waals surface area contributed by atoms with Crippen molar-refractivity contribution in [2.75, 3.05) is 33.9 Å². The van der Waals surface area contributed by atoms with Gasteiger partial charge >= 0.3 is 0 Å². The molecule has 0 aliphatic heterocycles. The fraction of sp³-hybridized carbons (Fsp3) is 0.714. The van der Waals surface area contributed by atoms with Crippen molar-refractivity contribution in [2.45, 2.75) is 32.3 Å². The van der Waals surface area contributed by atoms with E-state index in [0.29, 0.717) is 6.61 Å². The van der Waals surface area contributed by atoms with Crippen LogP contribution in [0.5, 0.6) is 0 Å². The predicted octanol–water partition coefficient (Wildman–Crippen LogP) is 2.33. The summed E-state index contributed by atoms with van der Waals surface area (Å²) in [5.74, 6) is 1.90. The molecule has 0 unspecified atom stereocenters. The van der Waals surface area contributed by atoms with Crippen LogP contribution >= 0.6 is 0 Å². The normalized spacial score (nSPS) is 12.0. The van der Waals surface area contributed by atoms with Gasteiger partial charge in [0.05, 0.1) is 6.61 Å². The number of methoxy groups -OCH3 is 2. The van der Waals surface area contributed by atoms with Crippen molar-refractivity contribution in [3.8, 4) is 0 Å². The molecule has 0 saturated heterocycles. The van der Waals surface area contributed by atoms with Crippen LogP contribution in [0.15, 0.2) is 16.5 Å². The Kier molecular flexibility index (Phi) is 6.39. The summed E-state index contributed by atoms with van der Waals surface area (Å²) >= 11 is 0. The summed E-state index contributed by atoms with van der Waals surface area (Å²) in [6.07, 6.45) is 1.02. The van der Waals surface area contributed by atoms with Crippen molar-refractivity contribution in [2.24, 2.45) is 0 Å². The first kappa shape index (κ1) is 15.2. The third-order valence-electron chi connectivity index (χ3n) is 3.03. The van der Waals surface area contributed by atoms with Gasteiger partial charge < -0.3 is 19.2 Å². The fourth-order valence-electron chi connectivity index (χ4n) is 1.78. The van der Waals surface area contributed by atoms with Gasteiger partial charge in [-0.3, -0.25) is 0 Å². The lowest BCUT2D eigenvalue weighted by Crippen LogP contribution is -2.27. The Labute approximate surface area is 110 Å². The minimum absolute atomic E-state index is 0.0338. The maximum absolute atomic E-state index is 5.79. The van der Waals surface area contributed by atoms with E-state index < -0.39 is 0 Å². The highest BCUT2D eigenvalue weighted by Crippen LogP contribution is 2.28. The van der Waals surface area contributed by atoms with Gasteiger partial charge in [-0.1, -0.05) is 13.8 Å². The van der Waals surface area contributed by atoms with Crippen LogP contribution in [0.2, 0.25) is 0 Å². The molecule has 0 radical (unpaired) electrons. The third-order valence-corrected chi connectivity index (χ3v) is 3.03. The lowest BCUT2D eigenvalue weighted by atomic mass is 9.86. The van der Waals surface area contributed by atoms with Gasteiger partial charge in [0, 0.05) is 26.2 Å². The van der Waals surface area contributed by atoms with Crippen molar-refractivity contribution in [3.63, 3.8) is 0 Å². The Morgan fingerprint density at radius 3 is 2.61 bits per heavy atom. The molecule has 0 bridgehead atoms. The fourth-order valence-corrected chi connectivity index (χ4v) is 1.78. The molecule has 1 aromatic heterocycles. The van der Waals surface area contributed by atoms with E-state index in [1.165, 1.54) is 0 Å². The Hall–Kier alpha value is -0.840. The lowest BCUT2D eigenvalue weighted by Gasteiger charge is -2.22. The summed E-state index contributed by atoms with van der Waals surface area (Å²) in [4.78, 5) is 0. The molecule has 1 heterocycles. The molecule has 0 saturated carbocycles. The predicted molar refractivity (Wildman–Crippen MR) is 71.8 cm³/mol. The molecule has 1 rings (SSSR count). The Balaban J connectivity index is 2.40. The molecule has 0 amide bonds. The summed E-state index contributed by atoms with van der Waals surface area (Å²) in [6.45, 7) is 7.51. The number of nitrogens with one attached hydrogen (secondary N) is 1. The van der Waals surface area contributed by atoms with E-state index in [2.05, 4.69) is 19.2 Å². The highest BCUT2D eigenvalue weighted by Gasteiger charge is 2.23. The molecule has 0 aromatic carbocycles. The average molecular weight is 255 g/mol. The second-order valence-electron chi connectivity index (χ2n) is 5.08. The van der Waals surface area contributed by atoms with Crippen molar-refractivity contribution < 1.29 is 13.9 Å². The highest BCUT2D eigenvalue weighted by molar-refractivity contribution is 5.15. The van der Waals surface area contributed by atoms with Crippen LogP contribution in [-0.2, 0) is 21.5 Å². The van der Waals surface area contributed by atoms with Crippen LogP contribution in [0, 0.1) is 0 Å². The van der Waals surface area contributed by atoms with E-state index in [9.17, 15) is 0 Å². The molecular formula is C14H25NO3. The van der Waals surface area contributed by atoms with E-state index in [0.717, 1.165) is 37.6 Å². The van der Waals surface area contributed by atoms with Crippen molar-refractivity contribution in [1.82, 2.24) is 5.32 Å². The van der Waals surface area contributed by atoms with Crippen LogP contribution < -0.4 is 5.32 Å². The smallest absolute Gasteiger partial charge is 0.129 e. The van der Waals surface area contributed by atoms with Gasteiger partial charge in [-0.15, -0.1) is 0 Å². The number of hydrogen-bond donors (Lipinski definition) is 1. The summed E-state index contributed by atoms with van der Waals surface area (Å²) < 4.78 is 15.8. The van der Waals surface area contributed by atoms with Gasteiger partial charge in [0.25, 0.3) is 0 Å². The first-order chi connectivity index (χ1) is 8.60. The molecule has 18 heavy (non-hydrogen) atoms. The zero-order valence-electron chi connectivity index (χ0n) is 11.9. The van der Waals surface area contributed by atoms with E-state index in [-0.39, 0.29) is 5.41 Å². The quantitative estimate of drug-likeness (QED) is 0.688. The van der Waals surface area contributed by atoms with Gasteiger partial charge in [-0.25, -0.2) is 0 Å². The number of rotatable bonds is 9. The Bertz CT molecular complexity index is 334. The monoisotopic (exact) mass is 255 g/mol. The minimum Gasteiger partial charge on any atom is -0.463 e. The van der Waals surface area contributed by atoms with Crippen molar-refractivity contribution >= 4 is 0 Å². The molecule has 4 heteroatoms. The van der Waals surface area contributed by atoms with E-state index in [4.69, 9.17) is 13.9 Å². The second kappa shape index (κ2) is 7.56. The largest absolute Gasteiger partial charge is 0.463 e. The SMILES string of the molecule is COCCNCCC(C)(C)c1ccc(COC)o1. The number of hydrogen-bond acceptors (Lipinski definition) is 4. The summed E-state index contributed by atoms with van der Waals surface area (Å²) in [6, 6.07) is 4.03. The summed E-state index contributed by atoms with van der Waals surface area (Å²) in [5.41, 5.74) is 0.0338. The van der Waals surface area contributed by atoms with E-state index in [1.54, 1.807) is 14.2 Å². The van der Waals surface area contributed by atoms with Gasteiger partial charge in [0.15, 0.2) is 0 Å². The molecule has 0 aliphatic rings. The van der Waals surface area contributed by atoms with E-state index >= 15 is 0 Å². The molecule has 1 aromatic rings. The lowest BCUT2D eigenvalue weighted by molar-refractivity contribution is 0.159. The van der Waals surface area contributed by atoms with Gasteiger partial charge in [-0.05, 0) is 25.1 Å². The topological polar surface area (TPSA) is 43.6 Å². The molecule has 0 fully saturated rings. The average Bonchev–Trinajstić information content (AvgIpc) is 2.79. The van der Waals surface area contributed by atoms with Crippen LogP contribution in [-0.4, -0.2) is 33.9 Å². The molecular weight excluding hydrogens is 230 g/mol. The van der Waals surface area contributed by atoms with Gasteiger partial charge in [-0.2, -0.15) is 0 Å². The Morgan fingerprint density at radius 1 is 1.17 bits per heavy atom. The first-order valence-electron chi connectivity index (χ1n) is 6.38. The van der Waals surface area contributed by atoms with Crippen molar-refractivity contribution in [3.05, 3.63) is 23.7 Å². The zero-order valence-corrected chi connectivity index (χ0v) is 11.9. The molecule has 4 nitrogen and oxygen atoms in total. The van der Waals surface area contributed by atoms with Crippen LogP contribution in [0.4, 0.5) is 0 Å². The van der Waals surface area contributed by atoms with Gasteiger partial charge in [0.2, 0.25) is 0 Å². The molecule has 1 N–H and O–H groups in total. The van der Waals surface area contributed by atoms with Crippen LogP contribution in [0.3, 0.4) is 0 Å². The second-order valence-corrected chi connectivity index (χ2v) is 5.08. The number of ether oxygens (including phenoxy) is 2. The standard InChI is InChI=1S/C14H25NO3/c1-14(2,7-8-15-9-10-16-3)13-6-5-12(18-13)11-17-4/h5-6,15H,7-11H2,1-4H3. The Morgan fingerprint density at radius 2 is 1.94 bits per heavy atom. The highest BCUT2D eigenvalue weighted by atomic mass is 16.5. The molecule has 0 aliphatic carbocycles. The molecule has 0 atom stereocenters. The van der Waals surface area contributed by atoms with Crippen LogP contribution in [0.1, 0.15) is 31.8 Å². The third kappa shape index (κ3) is 4.80. The van der Waals surface area contributed by atoms with E-state index in [1.807, 2.05) is 12.1 Å². The summed E-state index contributed by atoms with van der Waals surface area (Å²) in [7, 11) is 3.39. The van der Waals surface area contributed by atoms with Crippen LogP contribution in [0.25, 0.3) is 0 Å². The van der Waals surface area contributed by atoms with Gasteiger partial charge in [0.1, 0.15) is 18.1 Å². The molecule has 104 valence electrons. The zero-order chi connectivity index (χ0) is 13.4. The van der Waals surface area contributed by atoms with Crippen molar-refractivity contribution in [1.29, 1.82) is 0 Å². The molecule has 0 spiro atoms. The maximum Gasteiger partial charge on any atom is 0.129 e. The number of furan rings is 1. The minimum atomic E-state index is 0.0338. The summed E-state index contributed by atoms with van der Waals surface area (Å²) in [5, 5.41) is 3.35.